The van der Waals surface area contributed by atoms with Crippen molar-refractivity contribution in [2.75, 3.05) is 6.61 Å². The number of carbonyl (C=O) groups is 5. The van der Waals surface area contributed by atoms with Crippen LogP contribution in [0, 0.1) is 17.8 Å². The minimum atomic E-state index is -0.925. The number of Topliss-reactive ketones (excluding diaryl/α,β-unsaturated/α-hetero) is 1. The van der Waals surface area contributed by atoms with Crippen molar-refractivity contribution in [1.82, 2.24) is 15.8 Å². The summed E-state index contributed by atoms with van der Waals surface area (Å²) in [5, 5.41) is 3.40. The van der Waals surface area contributed by atoms with E-state index < -0.39 is 36.0 Å². The highest BCUT2D eigenvalue weighted by molar-refractivity contribution is 6.08. The van der Waals surface area contributed by atoms with Gasteiger partial charge >= 0.3 is 12.0 Å². The van der Waals surface area contributed by atoms with Crippen molar-refractivity contribution in [1.29, 1.82) is 0 Å². The quantitative estimate of drug-likeness (QED) is 0.536. The van der Waals surface area contributed by atoms with Crippen LogP contribution < -0.4 is 10.7 Å². The van der Waals surface area contributed by atoms with Crippen molar-refractivity contribution < 1.29 is 28.7 Å². The topological polar surface area (TPSA) is 122 Å². The van der Waals surface area contributed by atoms with E-state index in [1.165, 1.54) is 0 Å². The van der Waals surface area contributed by atoms with Crippen molar-refractivity contribution in [3.8, 4) is 0 Å². The second kappa shape index (κ2) is 7.76. The number of hydrogen-bond acceptors (Lipinski definition) is 6. The van der Waals surface area contributed by atoms with Crippen molar-refractivity contribution in [3.05, 3.63) is 0 Å². The summed E-state index contributed by atoms with van der Waals surface area (Å²) >= 11 is 0. The molecule has 0 aromatic heterocycles. The van der Waals surface area contributed by atoms with Gasteiger partial charge < -0.3 is 10.1 Å². The van der Waals surface area contributed by atoms with Crippen LogP contribution in [-0.4, -0.2) is 46.8 Å². The lowest BCUT2D eigenvalue weighted by atomic mass is 9.67. The van der Waals surface area contributed by atoms with Gasteiger partial charge in [-0.05, 0) is 38.5 Å². The third kappa shape index (κ3) is 3.74. The first-order chi connectivity index (χ1) is 13.9. The van der Waals surface area contributed by atoms with Gasteiger partial charge in [-0.15, -0.1) is 0 Å². The first-order valence-corrected chi connectivity index (χ1v) is 10.6. The van der Waals surface area contributed by atoms with Gasteiger partial charge in [0.15, 0.2) is 6.61 Å². The minimum absolute atomic E-state index is 0.0773. The van der Waals surface area contributed by atoms with Crippen LogP contribution in [0.4, 0.5) is 4.79 Å². The lowest BCUT2D eigenvalue weighted by molar-refractivity contribution is -0.157. The van der Waals surface area contributed by atoms with Crippen molar-refractivity contribution >= 4 is 29.6 Å². The number of urea groups is 1. The van der Waals surface area contributed by atoms with E-state index >= 15 is 0 Å². The second-order valence-corrected chi connectivity index (χ2v) is 8.75. The molecule has 3 atom stereocenters. The van der Waals surface area contributed by atoms with E-state index in [1.807, 2.05) is 0 Å². The zero-order chi connectivity index (χ0) is 20.6. The number of ketones is 1. The molecule has 2 N–H and O–H groups in total. The largest absolute Gasteiger partial charge is 0.455 e. The van der Waals surface area contributed by atoms with E-state index in [1.54, 1.807) is 0 Å². The van der Waals surface area contributed by atoms with Gasteiger partial charge in [0, 0.05) is 11.8 Å². The summed E-state index contributed by atoms with van der Waals surface area (Å²) < 4.78 is 5.13. The molecule has 3 saturated carbocycles. The molecule has 0 aromatic rings. The standard InChI is InChI=1S/C20H27N3O6/c24-15(22-23-18(27)20(21-19(23)28)7-2-1-3-8-20)11-29-17(26)14-9-12-5-4-6-13(10-14)16(12)25/h12-14H,1-11H2,(H,21,28)(H,22,24)/t12-,13+,14?. The van der Waals surface area contributed by atoms with Gasteiger partial charge in [-0.2, -0.15) is 5.01 Å². The zero-order valence-corrected chi connectivity index (χ0v) is 16.4. The number of hydrogen-bond donors (Lipinski definition) is 2. The average molecular weight is 405 g/mol. The Balaban J connectivity index is 1.28. The normalized spacial score (nSPS) is 30.8. The smallest absolute Gasteiger partial charge is 0.344 e. The second-order valence-electron chi connectivity index (χ2n) is 8.75. The molecule has 29 heavy (non-hydrogen) atoms. The molecular formula is C20H27N3O6. The van der Waals surface area contributed by atoms with Crippen LogP contribution in [0.15, 0.2) is 0 Å². The third-order valence-electron chi connectivity index (χ3n) is 6.83. The highest BCUT2D eigenvalue weighted by atomic mass is 16.5. The Kier molecular flexibility index (Phi) is 5.31. The summed E-state index contributed by atoms with van der Waals surface area (Å²) in [6.07, 6.45) is 7.41. The molecule has 4 aliphatic rings. The first-order valence-electron chi connectivity index (χ1n) is 10.6. The van der Waals surface area contributed by atoms with E-state index in [0.29, 0.717) is 30.7 Å². The lowest BCUT2D eigenvalue weighted by Crippen LogP contribution is -2.51. The fourth-order valence-electron chi connectivity index (χ4n) is 5.30. The van der Waals surface area contributed by atoms with Crippen LogP contribution in [-0.2, 0) is 23.9 Å². The SMILES string of the molecule is O=C(COC(=O)C1C[C@H]2CCC[C@@H](C1)C2=O)NN1C(=O)NC2(CCCCC2)C1=O. The number of amides is 4. The summed E-state index contributed by atoms with van der Waals surface area (Å²) in [7, 11) is 0. The molecule has 0 aromatic carbocycles. The van der Waals surface area contributed by atoms with Gasteiger partial charge in [0.25, 0.3) is 11.8 Å². The van der Waals surface area contributed by atoms with Crippen LogP contribution >= 0.6 is 0 Å². The maximum atomic E-state index is 12.6. The summed E-state index contributed by atoms with van der Waals surface area (Å²) in [6.45, 7) is -0.567. The van der Waals surface area contributed by atoms with Crippen LogP contribution in [0.3, 0.4) is 0 Å². The Hall–Kier alpha value is -2.45. The monoisotopic (exact) mass is 405 g/mol. The van der Waals surface area contributed by atoms with E-state index in [-0.39, 0.29) is 23.5 Å². The molecule has 9 heteroatoms. The predicted molar refractivity (Wildman–Crippen MR) is 98.9 cm³/mol. The van der Waals surface area contributed by atoms with E-state index in [4.69, 9.17) is 4.74 Å². The fraction of sp³-hybridized carbons (Fsp3) is 0.750. The van der Waals surface area contributed by atoms with E-state index in [2.05, 4.69) is 10.7 Å². The molecule has 4 fully saturated rings. The molecule has 0 radical (unpaired) electrons. The Morgan fingerprint density at radius 1 is 1.03 bits per heavy atom. The molecule has 3 aliphatic carbocycles. The molecule has 1 spiro atoms. The number of rotatable bonds is 4. The predicted octanol–water partition coefficient (Wildman–Crippen LogP) is 1.21. The van der Waals surface area contributed by atoms with E-state index in [0.717, 1.165) is 38.5 Å². The number of nitrogens with zero attached hydrogens (tertiary/aromatic N) is 1. The van der Waals surface area contributed by atoms with Gasteiger partial charge in [-0.1, -0.05) is 25.7 Å². The molecule has 158 valence electrons. The highest BCUT2D eigenvalue weighted by Gasteiger charge is 2.52. The summed E-state index contributed by atoms with van der Waals surface area (Å²) in [5.41, 5.74) is 1.33. The van der Waals surface area contributed by atoms with Gasteiger partial charge in [0.2, 0.25) is 0 Å². The summed E-state index contributed by atoms with van der Waals surface area (Å²) in [4.78, 5) is 61.5. The molecular weight excluding hydrogens is 378 g/mol. The summed E-state index contributed by atoms with van der Waals surface area (Å²) in [5.74, 6) is -1.96. The Morgan fingerprint density at radius 3 is 2.34 bits per heavy atom. The molecule has 4 amide bonds. The molecule has 2 bridgehead atoms. The highest BCUT2D eigenvalue weighted by Crippen LogP contribution is 2.40. The number of hydrazine groups is 1. The number of imide groups is 1. The first kappa shape index (κ1) is 19.8. The lowest BCUT2D eigenvalue weighted by Gasteiger charge is -2.36. The molecule has 1 aliphatic heterocycles. The van der Waals surface area contributed by atoms with Crippen molar-refractivity contribution in [2.45, 2.75) is 69.7 Å². The Bertz CT molecular complexity index is 728. The van der Waals surface area contributed by atoms with Gasteiger partial charge in [-0.25, -0.2) is 4.79 Å². The molecule has 4 rings (SSSR count). The van der Waals surface area contributed by atoms with Crippen LogP contribution in [0.5, 0.6) is 0 Å². The maximum Gasteiger partial charge on any atom is 0.344 e. The molecule has 1 saturated heterocycles. The van der Waals surface area contributed by atoms with Crippen molar-refractivity contribution in [3.63, 3.8) is 0 Å². The third-order valence-corrected chi connectivity index (χ3v) is 6.83. The minimum Gasteiger partial charge on any atom is -0.455 e. The molecule has 1 heterocycles. The zero-order valence-electron chi connectivity index (χ0n) is 16.4. The summed E-state index contributed by atoms with van der Waals surface area (Å²) in [6, 6.07) is -0.657. The number of ether oxygens (including phenoxy) is 1. The number of esters is 1. The van der Waals surface area contributed by atoms with Crippen molar-refractivity contribution in [2.24, 2.45) is 17.8 Å². The van der Waals surface area contributed by atoms with Crippen LogP contribution in [0.25, 0.3) is 0 Å². The Labute approximate surface area is 168 Å². The molecule has 1 unspecified atom stereocenters. The van der Waals surface area contributed by atoms with Gasteiger partial charge in [0.1, 0.15) is 11.3 Å². The number of fused-ring (bicyclic) bond motifs is 2. The number of nitrogens with one attached hydrogen (secondary N) is 2. The fourth-order valence-corrected chi connectivity index (χ4v) is 5.30. The van der Waals surface area contributed by atoms with Gasteiger partial charge in [-0.3, -0.25) is 24.6 Å². The maximum absolute atomic E-state index is 12.6. The average Bonchev–Trinajstić information content (AvgIpc) is 2.90. The van der Waals surface area contributed by atoms with Crippen LogP contribution in [0.1, 0.15) is 64.2 Å². The van der Waals surface area contributed by atoms with E-state index in [9.17, 15) is 24.0 Å². The number of carbonyl (C=O) groups excluding carboxylic acids is 5. The van der Waals surface area contributed by atoms with Gasteiger partial charge in [0.05, 0.1) is 5.92 Å². The Morgan fingerprint density at radius 2 is 1.69 bits per heavy atom. The van der Waals surface area contributed by atoms with Crippen LogP contribution in [0.2, 0.25) is 0 Å². The molecule has 9 nitrogen and oxygen atoms in total.